The van der Waals surface area contributed by atoms with Crippen molar-refractivity contribution in [3.05, 3.63) is 35.1 Å². The molecule has 1 nitrogen and oxygen atoms in total. The molecule has 1 aromatic carbocycles. The summed E-state index contributed by atoms with van der Waals surface area (Å²) in [5, 5.41) is 10.3. The fourth-order valence-corrected chi connectivity index (χ4v) is 4.52. The molecule has 0 spiro atoms. The third-order valence-corrected chi connectivity index (χ3v) is 5.51. The average Bonchev–Trinajstić information content (AvgIpc) is 2.32. The van der Waals surface area contributed by atoms with E-state index in [1.165, 1.54) is 6.07 Å². The zero-order chi connectivity index (χ0) is 11.5. The number of hydrogen-bond donors (Lipinski definition) is 1. The van der Waals surface area contributed by atoms with Gasteiger partial charge in [-0.15, -0.1) is 0 Å². The van der Waals surface area contributed by atoms with E-state index < -0.39 is 6.10 Å². The zero-order valence-corrected chi connectivity index (χ0v) is 10.8. The Morgan fingerprint density at radius 3 is 2.94 bits per heavy atom. The van der Waals surface area contributed by atoms with Crippen LogP contribution in [0.25, 0.3) is 0 Å². The van der Waals surface area contributed by atoms with Crippen LogP contribution in [0, 0.1) is 12.7 Å². The van der Waals surface area contributed by atoms with Crippen molar-refractivity contribution in [1.29, 1.82) is 0 Å². The van der Waals surface area contributed by atoms with Gasteiger partial charge in [0.25, 0.3) is 0 Å². The molecule has 0 bridgehead atoms. The minimum Gasteiger partial charge on any atom is -0.387 e. The maximum atomic E-state index is 13.6. The minimum absolute atomic E-state index is 0.120. The summed E-state index contributed by atoms with van der Waals surface area (Å²) in [5.41, 5.74) is 1.43. The third kappa shape index (κ3) is 2.73. The number of hydrogen-bond acceptors (Lipinski definition) is 3. The van der Waals surface area contributed by atoms with Gasteiger partial charge in [-0.3, -0.25) is 0 Å². The van der Waals surface area contributed by atoms with Gasteiger partial charge in [0.1, 0.15) is 5.82 Å². The summed E-state index contributed by atoms with van der Waals surface area (Å²) >= 11 is 3.58. The van der Waals surface area contributed by atoms with E-state index in [0.717, 1.165) is 22.8 Å². The van der Waals surface area contributed by atoms with Gasteiger partial charge in [-0.2, -0.15) is 23.5 Å². The molecule has 0 amide bonds. The predicted molar refractivity (Wildman–Crippen MR) is 69.7 cm³/mol. The Balaban J connectivity index is 2.18. The zero-order valence-electron chi connectivity index (χ0n) is 9.15. The van der Waals surface area contributed by atoms with Crippen molar-refractivity contribution in [2.24, 2.45) is 0 Å². The number of aryl methyl sites for hydroxylation is 1. The lowest BCUT2D eigenvalue weighted by atomic mass is 10.0. The largest absolute Gasteiger partial charge is 0.387 e. The maximum Gasteiger partial charge on any atom is 0.129 e. The quantitative estimate of drug-likeness (QED) is 0.880. The molecule has 1 aliphatic heterocycles. The smallest absolute Gasteiger partial charge is 0.129 e. The average molecular weight is 258 g/mol. The van der Waals surface area contributed by atoms with Crippen LogP contribution >= 0.6 is 23.5 Å². The second-order valence-electron chi connectivity index (χ2n) is 3.95. The Labute approximate surface area is 104 Å². The molecule has 1 aromatic rings. The highest BCUT2D eigenvalue weighted by atomic mass is 32.2. The van der Waals surface area contributed by atoms with Gasteiger partial charge in [-0.25, -0.2) is 4.39 Å². The first kappa shape index (κ1) is 12.3. The van der Waals surface area contributed by atoms with Crippen LogP contribution < -0.4 is 0 Å². The highest BCUT2D eigenvalue weighted by Crippen LogP contribution is 2.34. The molecular formula is C12H15FOS2. The van der Waals surface area contributed by atoms with Crippen molar-refractivity contribution in [3.8, 4) is 0 Å². The Morgan fingerprint density at radius 2 is 2.25 bits per heavy atom. The van der Waals surface area contributed by atoms with Gasteiger partial charge in [-0.1, -0.05) is 17.7 Å². The molecule has 88 valence electrons. The van der Waals surface area contributed by atoms with Crippen molar-refractivity contribution in [1.82, 2.24) is 0 Å². The molecule has 1 saturated heterocycles. The summed E-state index contributed by atoms with van der Waals surface area (Å²) < 4.78 is 13.6. The van der Waals surface area contributed by atoms with Crippen LogP contribution in [0.3, 0.4) is 0 Å². The van der Waals surface area contributed by atoms with Crippen LogP contribution in [0.2, 0.25) is 0 Å². The number of benzene rings is 1. The molecule has 1 heterocycles. The first-order chi connectivity index (χ1) is 7.68. The number of rotatable bonds is 2. The molecule has 1 aliphatic rings. The van der Waals surface area contributed by atoms with Gasteiger partial charge in [0.15, 0.2) is 0 Å². The van der Waals surface area contributed by atoms with Gasteiger partial charge in [0, 0.05) is 28.1 Å². The summed E-state index contributed by atoms with van der Waals surface area (Å²) in [6.45, 7) is 1.92. The van der Waals surface area contributed by atoms with E-state index >= 15 is 0 Å². The first-order valence-electron chi connectivity index (χ1n) is 5.32. The summed E-state index contributed by atoms with van der Waals surface area (Å²) in [6, 6.07) is 4.92. The van der Waals surface area contributed by atoms with Crippen LogP contribution in [-0.2, 0) is 0 Å². The van der Waals surface area contributed by atoms with Crippen molar-refractivity contribution < 1.29 is 9.50 Å². The van der Waals surface area contributed by atoms with Crippen molar-refractivity contribution >= 4 is 23.5 Å². The Morgan fingerprint density at radius 1 is 1.44 bits per heavy atom. The fourth-order valence-electron chi connectivity index (χ4n) is 1.78. The number of aliphatic hydroxyl groups is 1. The Bertz CT molecular complexity index is 364. The summed E-state index contributed by atoms with van der Waals surface area (Å²) in [5.74, 6) is 2.78. The number of thioether (sulfide) groups is 2. The molecule has 2 rings (SSSR count). The lowest BCUT2D eigenvalue weighted by molar-refractivity contribution is 0.175. The van der Waals surface area contributed by atoms with Crippen molar-refractivity contribution in [3.63, 3.8) is 0 Å². The van der Waals surface area contributed by atoms with Crippen LogP contribution in [0.15, 0.2) is 18.2 Å². The number of aliphatic hydroxyl groups excluding tert-OH is 1. The van der Waals surface area contributed by atoms with Gasteiger partial charge in [-0.05, 0) is 13.0 Å². The SMILES string of the molecule is Cc1ccc(F)c(C(O)C2CSCCS2)c1. The highest BCUT2D eigenvalue weighted by Gasteiger charge is 2.26. The molecule has 0 aliphatic carbocycles. The predicted octanol–water partition coefficient (Wildman–Crippen LogP) is 3.02. The topological polar surface area (TPSA) is 20.2 Å². The lowest BCUT2D eigenvalue weighted by Gasteiger charge is -2.26. The molecule has 0 saturated carbocycles. The maximum absolute atomic E-state index is 13.6. The summed E-state index contributed by atoms with van der Waals surface area (Å²) in [7, 11) is 0. The Kier molecular flexibility index (Phi) is 4.16. The molecule has 2 unspecified atom stereocenters. The van der Waals surface area contributed by atoms with E-state index in [0.29, 0.717) is 5.56 Å². The summed E-state index contributed by atoms with van der Waals surface area (Å²) in [6.07, 6.45) is -0.683. The first-order valence-corrected chi connectivity index (χ1v) is 7.52. The van der Waals surface area contributed by atoms with Crippen molar-refractivity contribution in [2.45, 2.75) is 18.3 Å². The molecule has 4 heteroatoms. The van der Waals surface area contributed by atoms with E-state index in [4.69, 9.17) is 0 Å². The third-order valence-electron chi connectivity index (χ3n) is 2.66. The van der Waals surface area contributed by atoms with E-state index in [1.807, 2.05) is 18.7 Å². The standard InChI is InChI=1S/C12H15FOS2/c1-8-2-3-10(13)9(6-8)12(14)11-7-15-4-5-16-11/h2-3,6,11-12,14H,4-5,7H2,1H3. The van der Waals surface area contributed by atoms with Gasteiger partial charge in [0.2, 0.25) is 0 Å². The second-order valence-corrected chi connectivity index (χ2v) is 6.45. The minimum atomic E-state index is -0.683. The molecule has 0 radical (unpaired) electrons. The number of halogens is 1. The van der Waals surface area contributed by atoms with E-state index in [9.17, 15) is 9.50 Å². The van der Waals surface area contributed by atoms with E-state index in [1.54, 1.807) is 23.9 Å². The monoisotopic (exact) mass is 258 g/mol. The molecular weight excluding hydrogens is 243 g/mol. The van der Waals surface area contributed by atoms with Crippen LogP contribution in [0.4, 0.5) is 4.39 Å². The fraction of sp³-hybridized carbons (Fsp3) is 0.500. The molecule has 1 N–H and O–H groups in total. The summed E-state index contributed by atoms with van der Waals surface area (Å²) in [4.78, 5) is 0. The molecule has 16 heavy (non-hydrogen) atoms. The van der Waals surface area contributed by atoms with Gasteiger partial charge >= 0.3 is 0 Å². The molecule has 1 fully saturated rings. The van der Waals surface area contributed by atoms with Crippen LogP contribution in [0.1, 0.15) is 17.2 Å². The highest BCUT2D eigenvalue weighted by molar-refractivity contribution is 8.06. The van der Waals surface area contributed by atoms with Gasteiger partial charge < -0.3 is 5.11 Å². The molecule has 0 aromatic heterocycles. The van der Waals surface area contributed by atoms with Crippen LogP contribution in [0.5, 0.6) is 0 Å². The van der Waals surface area contributed by atoms with Gasteiger partial charge in [0.05, 0.1) is 6.10 Å². The lowest BCUT2D eigenvalue weighted by Crippen LogP contribution is -2.23. The van der Waals surface area contributed by atoms with Crippen LogP contribution in [-0.4, -0.2) is 27.6 Å². The van der Waals surface area contributed by atoms with E-state index in [2.05, 4.69) is 0 Å². The Hall–Kier alpha value is -0.190. The van der Waals surface area contributed by atoms with E-state index in [-0.39, 0.29) is 11.1 Å². The molecule has 2 atom stereocenters. The van der Waals surface area contributed by atoms with Crippen molar-refractivity contribution in [2.75, 3.05) is 17.3 Å². The second kappa shape index (κ2) is 5.43. The normalized spacial score (nSPS) is 23.1.